The zero-order valence-corrected chi connectivity index (χ0v) is 22.1. The quantitative estimate of drug-likeness (QED) is 0.325. The summed E-state index contributed by atoms with van der Waals surface area (Å²) in [6.07, 6.45) is 0. The van der Waals surface area contributed by atoms with Gasteiger partial charge in [-0.25, -0.2) is 4.79 Å². The van der Waals surface area contributed by atoms with Gasteiger partial charge in [0, 0.05) is 18.8 Å². The van der Waals surface area contributed by atoms with Crippen molar-refractivity contribution in [3.05, 3.63) is 104 Å². The smallest absolute Gasteiger partial charge is 0.491 e. The second kappa shape index (κ2) is 12.1. The van der Waals surface area contributed by atoms with E-state index in [9.17, 15) is 9.59 Å². The molecule has 0 amide bonds. The number of aliphatic hydroxyl groups excluding tert-OH is 1. The molecule has 0 aliphatic heterocycles. The second-order valence-electron chi connectivity index (χ2n) is 7.98. The Balaban J connectivity index is 0.00000342. The molecule has 1 aromatic heterocycles. The molecule has 0 radical (unpaired) electrons. The van der Waals surface area contributed by atoms with Crippen LogP contribution in [-0.2, 0) is 13.1 Å². The van der Waals surface area contributed by atoms with Crippen LogP contribution in [-0.4, -0.2) is 23.1 Å². The molecule has 0 bridgehead atoms. The van der Waals surface area contributed by atoms with Crippen molar-refractivity contribution in [3.8, 4) is 16.9 Å². The maximum atomic E-state index is 11.5. The molecule has 176 valence electrons. The Morgan fingerprint density at radius 1 is 1.03 bits per heavy atom. The summed E-state index contributed by atoms with van der Waals surface area (Å²) in [5, 5.41) is 12.4. The molecule has 4 aromatic rings. The van der Waals surface area contributed by atoms with Crippen LogP contribution in [0.25, 0.3) is 11.1 Å². The minimum atomic E-state index is -0.887. The van der Waals surface area contributed by atoms with Crippen LogP contribution in [0.2, 0.25) is 0 Å². The third-order valence-corrected chi connectivity index (χ3v) is 5.65. The van der Waals surface area contributed by atoms with Crippen LogP contribution in [0.5, 0.6) is 5.75 Å². The topological polar surface area (TPSA) is 108 Å². The summed E-state index contributed by atoms with van der Waals surface area (Å²) in [5.41, 5.74) is 6.85. The second-order valence-corrected chi connectivity index (χ2v) is 7.98. The van der Waals surface area contributed by atoms with E-state index >= 15 is 0 Å². The molecule has 35 heavy (non-hydrogen) atoms. The molecule has 0 saturated carbocycles. The molecule has 0 spiro atoms. The first-order valence-corrected chi connectivity index (χ1v) is 11.0. The fraction of sp³-hybridized carbons (Fsp3) is 0.231. The maximum absolute atomic E-state index is 11.5. The van der Waals surface area contributed by atoms with E-state index in [0.29, 0.717) is 6.54 Å². The summed E-state index contributed by atoms with van der Waals surface area (Å²) < 4.78 is 11.2. The van der Waals surface area contributed by atoms with Crippen LogP contribution in [0, 0.1) is 13.8 Å². The number of hydrogen-bond donors (Lipinski definition) is 2. The maximum Gasteiger partial charge on any atom is 1.00 e. The van der Waals surface area contributed by atoms with Crippen LogP contribution in [0.1, 0.15) is 22.3 Å². The van der Waals surface area contributed by atoms with Crippen LogP contribution in [0.15, 0.2) is 74.8 Å². The van der Waals surface area contributed by atoms with Gasteiger partial charge in [-0.1, -0.05) is 36.4 Å². The average molecular weight is 484 g/mol. The van der Waals surface area contributed by atoms with E-state index < -0.39 is 11.4 Å². The molecule has 0 fully saturated rings. The summed E-state index contributed by atoms with van der Waals surface area (Å²) >= 11 is 0. The molecule has 0 aliphatic rings. The molecule has 3 aromatic carbocycles. The van der Waals surface area contributed by atoms with Crippen LogP contribution in [0.4, 0.5) is 5.69 Å². The van der Waals surface area contributed by atoms with E-state index in [2.05, 4.69) is 48.4 Å². The number of nitrogens with one attached hydrogen (secondary N) is 1. The molecule has 2 N–H and O–H groups in total. The third-order valence-electron chi connectivity index (χ3n) is 5.65. The summed E-state index contributed by atoms with van der Waals surface area (Å²) in [7, 11) is 0. The van der Waals surface area contributed by atoms with Gasteiger partial charge in [-0.2, -0.15) is 0 Å². The van der Waals surface area contributed by atoms with Crippen molar-refractivity contribution in [3.63, 3.8) is 0 Å². The van der Waals surface area contributed by atoms with Crippen molar-refractivity contribution in [2.45, 2.75) is 26.9 Å². The van der Waals surface area contributed by atoms with Crippen molar-refractivity contribution in [1.29, 1.82) is 0 Å². The number of ether oxygens (including phenoxy) is 1. The van der Waals surface area contributed by atoms with Crippen molar-refractivity contribution in [2.24, 2.45) is 0 Å². The van der Waals surface area contributed by atoms with Gasteiger partial charge in [0.25, 0.3) is 0 Å². The molecule has 0 aliphatic carbocycles. The first-order chi connectivity index (χ1) is 16.4. The molecule has 1 heterocycles. The number of rotatable bonds is 9. The Morgan fingerprint density at radius 2 is 1.80 bits per heavy atom. The van der Waals surface area contributed by atoms with E-state index in [0.717, 1.165) is 38.4 Å². The van der Waals surface area contributed by atoms with Gasteiger partial charge in [0.1, 0.15) is 12.4 Å². The van der Waals surface area contributed by atoms with Gasteiger partial charge in [0.2, 0.25) is 0 Å². The van der Waals surface area contributed by atoms with E-state index in [4.69, 9.17) is 14.4 Å². The predicted octanol–water partition coefficient (Wildman–Crippen LogP) is 0.0780. The molecule has 9 heteroatoms. The number of benzene rings is 3. The zero-order chi connectivity index (χ0) is 24.1. The van der Waals surface area contributed by atoms with E-state index in [1.165, 1.54) is 11.1 Å². The first kappa shape index (κ1) is 26.6. The van der Waals surface area contributed by atoms with E-state index in [-0.39, 0.29) is 49.3 Å². The fourth-order valence-corrected chi connectivity index (χ4v) is 3.84. The Bertz CT molecular complexity index is 1390. The minimum Gasteiger partial charge on any atom is -0.491 e. The van der Waals surface area contributed by atoms with Crippen molar-refractivity contribution in [2.75, 3.05) is 18.5 Å². The number of anilines is 1. The van der Waals surface area contributed by atoms with Gasteiger partial charge in [-0.3, -0.25) is 9.53 Å². The summed E-state index contributed by atoms with van der Waals surface area (Å²) in [4.78, 5) is 25.8. The Labute approximate surface area is 224 Å². The van der Waals surface area contributed by atoms with Crippen LogP contribution in [0.3, 0.4) is 0 Å². The number of aliphatic hydroxyl groups is 1. The molecule has 8 nitrogen and oxygen atoms in total. The molecular weight excluding hydrogens is 457 g/mol. The monoisotopic (exact) mass is 483 g/mol. The van der Waals surface area contributed by atoms with E-state index in [1.54, 1.807) is 0 Å². The van der Waals surface area contributed by atoms with Crippen molar-refractivity contribution in [1.82, 2.24) is 9.72 Å². The van der Waals surface area contributed by atoms with Gasteiger partial charge in [-0.05, 0) is 71.5 Å². The number of hydrogen-bond acceptors (Lipinski definition) is 6. The molecular formula is C26H26N3NaO5. The van der Waals surface area contributed by atoms with Gasteiger partial charge < -0.3 is 24.7 Å². The molecule has 4 rings (SSSR count). The minimum absolute atomic E-state index is 0. The molecule has 0 unspecified atom stereocenters. The van der Waals surface area contributed by atoms with Gasteiger partial charge in [0.15, 0.2) is 5.69 Å². The largest absolute Gasteiger partial charge is 1.00 e. The molecule has 0 atom stereocenters. The standard InChI is InChI=1S/C26H27N3O5.Na/c1-17-14-22(33-13-12-30)10-11-23(17)24-5-3-4-20(18(24)2)15-27-21-8-6-19(7-9-21)16-29-25(31)28-26(32)34-29;/h3-11,14,27,30H,12-13,15-16H2,1-2H3,(H,28,31,32);/q;+1/p-1. The normalized spacial score (nSPS) is 10.6. The Morgan fingerprint density at radius 3 is 2.46 bits per heavy atom. The van der Waals surface area contributed by atoms with Crippen LogP contribution < -0.4 is 56.0 Å². The van der Waals surface area contributed by atoms with Crippen LogP contribution >= 0.6 is 0 Å². The number of nitrogens with zero attached hydrogens (tertiary/aromatic N) is 2. The summed E-state index contributed by atoms with van der Waals surface area (Å²) in [5.74, 6) is -0.141. The SMILES string of the molecule is Cc1cc(OCCO)ccc1-c1cccc(CNc2ccc(Cn3oc(=O)[n-]c3=O)cc2)c1C.[Na+]. The predicted molar refractivity (Wildman–Crippen MR) is 129 cm³/mol. The first-order valence-electron chi connectivity index (χ1n) is 11.0. The average Bonchev–Trinajstić information content (AvgIpc) is 3.14. The summed E-state index contributed by atoms with van der Waals surface area (Å²) in [6, 6.07) is 19.8. The summed E-state index contributed by atoms with van der Waals surface area (Å²) in [6.45, 7) is 5.23. The third kappa shape index (κ3) is 6.55. The van der Waals surface area contributed by atoms with Crippen molar-refractivity contribution < 1.29 is 43.9 Å². The Hall–Kier alpha value is -3.04. The van der Waals surface area contributed by atoms with Gasteiger partial charge in [-0.15, -0.1) is 0 Å². The zero-order valence-electron chi connectivity index (χ0n) is 20.1. The number of aromatic nitrogens is 2. The molecule has 0 saturated heterocycles. The van der Waals surface area contributed by atoms with Crippen molar-refractivity contribution >= 4 is 5.69 Å². The fourth-order valence-electron chi connectivity index (χ4n) is 3.84. The van der Waals surface area contributed by atoms with Gasteiger partial charge in [0.05, 0.1) is 6.61 Å². The Kier molecular flexibility index (Phi) is 9.17. The van der Waals surface area contributed by atoms with Gasteiger partial charge >= 0.3 is 35.3 Å². The van der Waals surface area contributed by atoms with E-state index in [1.807, 2.05) is 36.4 Å². The number of aryl methyl sites for hydroxylation is 1.